The topological polar surface area (TPSA) is 126 Å². The summed E-state index contributed by atoms with van der Waals surface area (Å²) in [6.07, 6.45) is 3.64. The van der Waals surface area contributed by atoms with Crippen molar-refractivity contribution in [3.8, 4) is 22.6 Å². The molecular formula is C19H16N6O2. The van der Waals surface area contributed by atoms with Gasteiger partial charge in [-0.15, -0.1) is 0 Å². The quantitative estimate of drug-likeness (QED) is 0.328. The zero-order chi connectivity index (χ0) is 19.1. The lowest BCUT2D eigenvalue weighted by molar-refractivity contribution is -0.383. The van der Waals surface area contributed by atoms with Gasteiger partial charge < -0.3 is 16.0 Å². The Bertz CT molecular complexity index is 1200. The summed E-state index contributed by atoms with van der Waals surface area (Å²) in [5.41, 5.74) is 15.0. The van der Waals surface area contributed by atoms with Crippen LogP contribution in [0.1, 0.15) is 0 Å². The lowest BCUT2D eigenvalue weighted by Crippen LogP contribution is -2.01. The smallest absolute Gasteiger partial charge is 0.294 e. The molecule has 4 rings (SSSR count). The molecular weight excluding hydrogens is 344 g/mol. The van der Waals surface area contributed by atoms with Gasteiger partial charge in [0.1, 0.15) is 5.69 Å². The highest BCUT2D eigenvalue weighted by Gasteiger charge is 2.18. The Kier molecular flexibility index (Phi) is 3.73. The second-order valence-corrected chi connectivity index (χ2v) is 6.19. The molecule has 8 nitrogen and oxygen atoms in total. The van der Waals surface area contributed by atoms with Gasteiger partial charge in [-0.05, 0) is 18.2 Å². The zero-order valence-corrected chi connectivity index (χ0v) is 14.5. The number of nitro benzene ring substituents is 1. The summed E-state index contributed by atoms with van der Waals surface area (Å²) in [4.78, 5) is 19.4. The van der Waals surface area contributed by atoms with Gasteiger partial charge in [0, 0.05) is 53.2 Å². The van der Waals surface area contributed by atoms with Crippen molar-refractivity contribution in [1.82, 2.24) is 14.5 Å². The molecule has 27 heavy (non-hydrogen) atoms. The molecule has 8 heteroatoms. The van der Waals surface area contributed by atoms with Crippen molar-refractivity contribution < 1.29 is 4.92 Å². The van der Waals surface area contributed by atoms with Crippen LogP contribution in [0.25, 0.3) is 33.5 Å². The molecule has 2 aromatic carbocycles. The minimum atomic E-state index is -0.567. The van der Waals surface area contributed by atoms with Crippen LogP contribution in [0, 0.1) is 10.1 Å². The van der Waals surface area contributed by atoms with Crippen LogP contribution in [0.4, 0.5) is 17.1 Å². The molecule has 2 aromatic heterocycles. The first-order chi connectivity index (χ1) is 13.0. The Morgan fingerprint density at radius 3 is 2.63 bits per heavy atom. The number of nitro groups is 1. The van der Waals surface area contributed by atoms with E-state index in [-0.39, 0.29) is 17.1 Å². The van der Waals surface area contributed by atoms with E-state index in [1.54, 1.807) is 6.20 Å². The highest BCUT2D eigenvalue weighted by Crippen LogP contribution is 2.34. The number of fused-ring (bicyclic) bond motifs is 1. The third-order valence-electron chi connectivity index (χ3n) is 4.46. The molecule has 0 aliphatic carbocycles. The molecule has 134 valence electrons. The Hall–Kier alpha value is -3.94. The average molecular weight is 360 g/mol. The van der Waals surface area contributed by atoms with Gasteiger partial charge in [-0.25, -0.2) is 9.97 Å². The van der Waals surface area contributed by atoms with Gasteiger partial charge >= 0.3 is 0 Å². The first-order valence-corrected chi connectivity index (χ1v) is 8.17. The van der Waals surface area contributed by atoms with Crippen LogP contribution >= 0.6 is 0 Å². The molecule has 0 aliphatic rings. The molecule has 0 fully saturated rings. The summed E-state index contributed by atoms with van der Waals surface area (Å²) in [6, 6.07) is 12.5. The van der Waals surface area contributed by atoms with Crippen LogP contribution in [-0.4, -0.2) is 19.5 Å². The Labute approximate surface area is 154 Å². The molecule has 0 radical (unpaired) electrons. The van der Waals surface area contributed by atoms with Crippen LogP contribution in [0.15, 0.2) is 54.9 Å². The molecule has 0 atom stereocenters. The molecule has 2 heterocycles. The maximum Gasteiger partial charge on any atom is 0.294 e. The predicted molar refractivity (Wildman–Crippen MR) is 105 cm³/mol. The van der Waals surface area contributed by atoms with Crippen molar-refractivity contribution in [3.05, 3.63) is 65.0 Å². The molecule has 0 aliphatic heterocycles. The maximum atomic E-state index is 11.0. The first kappa shape index (κ1) is 16.5. The Morgan fingerprint density at radius 1 is 1.07 bits per heavy atom. The van der Waals surface area contributed by atoms with Crippen LogP contribution in [0.3, 0.4) is 0 Å². The standard InChI is InChI=1S/C19H16N6O2/c1-24-10-13(11-4-2-3-5-17(11)24)16-6-7-22-19(23-16)12-8-15(21)18(25(26)27)9-14(12)20/h2-10H,20-21H2,1H3. The van der Waals surface area contributed by atoms with Crippen molar-refractivity contribution >= 4 is 28.0 Å². The van der Waals surface area contributed by atoms with Crippen molar-refractivity contribution in [2.45, 2.75) is 0 Å². The molecule has 0 unspecified atom stereocenters. The number of nitrogen functional groups attached to an aromatic ring is 2. The van der Waals surface area contributed by atoms with Gasteiger partial charge in [-0.2, -0.15) is 0 Å². The highest BCUT2D eigenvalue weighted by atomic mass is 16.6. The normalized spacial score (nSPS) is 11.0. The molecule has 0 amide bonds. The van der Waals surface area contributed by atoms with Gasteiger partial charge in [0.2, 0.25) is 0 Å². The van der Waals surface area contributed by atoms with E-state index in [4.69, 9.17) is 11.5 Å². The van der Waals surface area contributed by atoms with E-state index in [1.807, 2.05) is 48.1 Å². The van der Waals surface area contributed by atoms with E-state index in [1.165, 1.54) is 12.1 Å². The van der Waals surface area contributed by atoms with Crippen molar-refractivity contribution in [1.29, 1.82) is 0 Å². The van der Waals surface area contributed by atoms with Gasteiger partial charge in [-0.3, -0.25) is 10.1 Å². The van der Waals surface area contributed by atoms with Crippen molar-refractivity contribution in [3.63, 3.8) is 0 Å². The molecule has 0 spiro atoms. The number of benzene rings is 2. The van der Waals surface area contributed by atoms with E-state index in [9.17, 15) is 10.1 Å². The summed E-state index contributed by atoms with van der Waals surface area (Å²) in [5, 5.41) is 12.1. The lowest BCUT2D eigenvalue weighted by atomic mass is 10.1. The molecule has 0 saturated heterocycles. The SMILES string of the molecule is Cn1cc(-c2ccnc(-c3cc(N)c([N+](=O)[O-])cc3N)n2)c2ccccc21. The van der Waals surface area contributed by atoms with Crippen LogP contribution in [0.5, 0.6) is 0 Å². The monoisotopic (exact) mass is 360 g/mol. The Balaban J connectivity index is 1.86. The maximum absolute atomic E-state index is 11.0. The number of para-hydroxylation sites is 1. The number of aryl methyl sites for hydroxylation is 1. The average Bonchev–Trinajstić information content (AvgIpc) is 3.00. The number of hydrogen-bond acceptors (Lipinski definition) is 6. The molecule has 0 saturated carbocycles. The summed E-state index contributed by atoms with van der Waals surface area (Å²) in [7, 11) is 1.98. The second kappa shape index (κ2) is 6.10. The van der Waals surface area contributed by atoms with Gasteiger partial charge in [0.25, 0.3) is 5.69 Å². The lowest BCUT2D eigenvalue weighted by Gasteiger charge is -2.08. The summed E-state index contributed by atoms with van der Waals surface area (Å²) in [6.45, 7) is 0. The number of rotatable bonds is 3. The van der Waals surface area contributed by atoms with E-state index in [2.05, 4.69) is 9.97 Å². The van der Waals surface area contributed by atoms with E-state index >= 15 is 0 Å². The van der Waals surface area contributed by atoms with Crippen LogP contribution < -0.4 is 11.5 Å². The fourth-order valence-electron chi connectivity index (χ4n) is 3.16. The van der Waals surface area contributed by atoms with Crippen LogP contribution in [-0.2, 0) is 7.05 Å². The highest BCUT2D eigenvalue weighted by molar-refractivity contribution is 5.95. The summed E-state index contributed by atoms with van der Waals surface area (Å²) in [5.74, 6) is 0.361. The first-order valence-electron chi connectivity index (χ1n) is 8.17. The Morgan fingerprint density at radius 2 is 1.85 bits per heavy atom. The third-order valence-corrected chi connectivity index (χ3v) is 4.46. The number of nitrogens with zero attached hydrogens (tertiary/aromatic N) is 4. The molecule has 4 aromatic rings. The number of aromatic nitrogens is 3. The molecule has 0 bridgehead atoms. The third kappa shape index (κ3) is 2.73. The van der Waals surface area contributed by atoms with Crippen molar-refractivity contribution in [2.24, 2.45) is 7.05 Å². The largest absolute Gasteiger partial charge is 0.398 e. The second-order valence-electron chi connectivity index (χ2n) is 6.19. The van der Waals surface area contributed by atoms with Crippen molar-refractivity contribution in [2.75, 3.05) is 11.5 Å². The summed E-state index contributed by atoms with van der Waals surface area (Å²) < 4.78 is 2.03. The summed E-state index contributed by atoms with van der Waals surface area (Å²) >= 11 is 0. The number of nitrogens with two attached hydrogens (primary N) is 2. The zero-order valence-electron chi connectivity index (χ0n) is 14.5. The van der Waals surface area contributed by atoms with Gasteiger partial charge in [0.15, 0.2) is 5.82 Å². The van der Waals surface area contributed by atoms with Gasteiger partial charge in [0.05, 0.1) is 10.6 Å². The van der Waals surface area contributed by atoms with Crippen LogP contribution in [0.2, 0.25) is 0 Å². The fourth-order valence-corrected chi connectivity index (χ4v) is 3.16. The van der Waals surface area contributed by atoms with E-state index in [0.717, 1.165) is 22.2 Å². The molecule has 4 N–H and O–H groups in total. The number of anilines is 2. The van der Waals surface area contributed by atoms with E-state index in [0.29, 0.717) is 11.4 Å². The fraction of sp³-hybridized carbons (Fsp3) is 0.0526. The van der Waals surface area contributed by atoms with Gasteiger partial charge in [-0.1, -0.05) is 18.2 Å². The number of hydrogen-bond donors (Lipinski definition) is 2. The minimum Gasteiger partial charge on any atom is -0.398 e. The minimum absolute atomic E-state index is 0.0170. The predicted octanol–water partition coefficient (Wildman–Crippen LogP) is 3.37. The van der Waals surface area contributed by atoms with E-state index < -0.39 is 4.92 Å².